The molecule has 0 aliphatic carbocycles. The molecule has 8 heteroatoms. The van der Waals surface area contributed by atoms with E-state index in [0.29, 0.717) is 10.6 Å². The van der Waals surface area contributed by atoms with Crippen molar-refractivity contribution in [3.63, 3.8) is 0 Å². The van der Waals surface area contributed by atoms with Crippen LogP contribution in [0.3, 0.4) is 0 Å². The molecule has 1 aromatic carbocycles. The number of amides is 1. The highest BCUT2D eigenvalue weighted by Gasteiger charge is 2.30. The summed E-state index contributed by atoms with van der Waals surface area (Å²) in [4.78, 5) is 15.8. The second kappa shape index (κ2) is 6.23. The van der Waals surface area contributed by atoms with Crippen LogP contribution in [0.5, 0.6) is 0 Å². The molecule has 0 radical (unpaired) electrons. The molecule has 1 amide bonds. The molecule has 0 atom stereocenters. The number of thiazole rings is 1. The second-order valence-electron chi connectivity index (χ2n) is 4.21. The first kappa shape index (κ1) is 15.5. The van der Waals surface area contributed by atoms with E-state index < -0.39 is 17.6 Å². The van der Waals surface area contributed by atoms with E-state index in [4.69, 9.17) is 5.73 Å². The Balaban J connectivity index is 2.01. The van der Waals surface area contributed by atoms with Gasteiger partial charge in [-0.05, 0) is 17.7 Å². The van der Waals surface area contributed by atoms with Gasteiger partial charge in [0.05, 0.1) is 5.56 Å². The maximum atomic E-state index is 12.6. The largest absolute Gasteiger partial charge is 0.416 e. The first-order valence-electron chi connectivity index (χ1n) is 5.99. The molecule has 1 heterocycles. The molecule has 0 spiro atoms. The lowest BCUT2D eigenvalue weighted by atomic mass is 10.1. The molecule has 0 unspecified atom stereocenters. The number of nitrogens with one attached hydrogen (secondary N) is 1. The van der Waals surface area contributed by atoms with E-state index in [2.05, 4.69) is 10.3 Å². The molecule has 0 saturated heterocycles. The average Bonchev–Trinajstić information content (AvgIpc) is 2.93. The third-order valence-electron chi connectivity index (χ3n) is 2.67. The second-order valence-corrected chi connectivity index (χ2v) is 5.15. The minimum atomic E-state index is -4.40. The molecule has 0 aliphatic heterocycles. The van der Waals surface area contributed by atoms with Gasteiger partial charge in [-0.15, -0.1) is 11.3 Å². The van der Waals surface area contributed by atoms with Gasteiger partial charge in [-0.25, -0.2) is 4.98 Å². The van der Waals surface area contributed by atoms with Gasteiger partial charge in [0.25, 0.3) is 5.91 Å². The Morgan fingerprint density at radius 2 is 2.14 bits per heavy atom. The lowest BCUT2D eigenvalue weighted by Gasteiger charge is -2.09. The number of carbonyl (C=O) groups is 1. The van der Waals surface area contributed by atoms with E-state index in [9.17, 15) is 18.0 Å². The first-order valence-corrected chi connectivity index (χ1v) is 6.87. The van der Waals surface area contributed by atoms with Crippen LogP contribution in [0, 0.1) is 0 Å². The van der Waals surface area contributed by atoms with Gasteiger partial charge in [-0.2, -0.15) is 13.2 Å². The fourth-order valence-electron chi connectivity index (χ4n) is 1.64. The molecule has 0 fully saturated rings. The number of halogens is 3. The molecule has 112 valence electrons. The molecular formula is C13H12F3N3OS. The van der Waals surface area contributed by atoms with Crippen molar-refractivity contribution in [2.45, 2.75) is 19.3 Å². The van der Waals surface area contributed by atoms with E-state index in [1.165, 1.54) is 23.5 Å². The van der Waals surface area contributed by atoms with Crippen LogP contribution in [0.1, 0.15) is 26.6 Å². The summed E-state index contributed by atoms with van der Waals surface area (Å²) in [7, 11) is 0. The third-order valence-corrected chi connectivity index (χ3v) is 3.54. The van der Waals surface area contributed by atoms with Gasteiger partial charge >= 0.3 is 6.18 Å². The number of hydrogen-bond donors (Lipinski definition) is 2. The van der Waals surface area contributed by atoms with Crippen LogP contribution in [0.2, 0.25) is 0 Å². The van der Waals surface area contributed by atoms with E-state index in [1.807, 2.05) is 0 Å². The Morgan fingerprint density at radius 1 is 1.38 bits per heavy atom. The van der Waals surface area contributed by atoms with Crippen molar-refractivity contribution in [2.75, 3.05) is 0 Å². The van der Waals surface area contributed by atoms with E-state index in [-0.39, 0.29) is 18.8 Å². The Morgan fingerprint density at radius 3 is 2.76 bits per heavy atom. The van der Waals surface area contributed by atoms with Gasteiger partial charge in [0.15, 0.2) is 0 Å². The predicted octanol–water partition coefficient (Wildman–Crippen LogP) is 2.55. The molecular weight excluding hydrogens is 303 g/mol. The molecule has 0 aliphatic rings. The zero-order valence-electron chi connectivity index (χ0n) is 10.8. The molecule has 1 aromatic heterocycles. The summed E-state index contributed by atoms with van der Waals surface area (Å²) in [5.74, 6) is -0.441. The van der Waals surface area contributed by atoms with E-state index in [1.54, 1.807) is 5.38 Å². The lowest BCUT2D eigenvalue weighted by Crippen LogP contribution is -2.23. The van der Waals surface area contributed by atoms with E-state index >= 15 is 0 Å². The first-order chi connectivity index (χ1) is 9.90. The maximum Gasteiger partial charge on any atom is 0.416 e. The Labute approximate surface area is 122 Å². The summed E-state index contributed by atoms with van der Waals surface area (Å²) < 4.78 is 37.7. The minimum Gasteiger partial charge on any atom is -0.347 e. The van der Waals surface area contributed by atoms with Crippen molar-refractivity contribution in [3.05, 3.63) is 51.5 Å². The fraction of sp³-hybridized carbons (Fsp3) is 0.231. The summed E-state index contributed by atoms with van der Waals surface area (Å²) in [6, 6.07) is 4.81. The van der Waals surface area contributed by atoms with Gasteiger partial charge in [0.1, 0.15) is 10.7 Å². The number of hydrogen-bond acceptors (Lipinski definition) is 4. The smallest absolute Gasteiger partial charge is 0.347 e. The summed E-state index contributed by atoms with van der Waals surface area (Å²) in [6.07, 6.45) is -4.40. The Kier molecular flexibility index (Phi) is 4.59. The van der Waals surface area contributed by atoms with Crippen molar-refractivity contribution < 1.29 is 18.0 Å². The highest BCUT2D eigenvalue weighted by Crippen LogP contribution is 2.29. The predicted molar refractivity (Wildman–Crippen MR) is 72.6 cm³/mol. The minimum absolute atomic E-state index is 0.00175. The van der Waals surface area contributed by atoms with Gasteiger partial charge in [0.2, 0.25) is 0 Å². The van der Waals surface area contributed by atoms with Crippen LogP contribution in [-0.2, 0) is 19.3 Å². The van der Waals surface area contributed by atoms with Crippen LogP contribution >= 0.6 is 11.3 Å². The van der Waals surface area contributed by atoms with Crippen molar-refractivity contribution in [3.8, 4) is 0 Å². The van der Waals surface area contributed by atoms with E-state index in [0.717, 1.165) is 12.1 Å². The van der Waals surface area contributed by atoms with Crippen molar-refractivity contribution in [1.82, 2.24) is 10.3 Å². The number of nitrogens with two attached hydrogens (primary N) is 1. The molecule has 2 aromatic rings. The number of nitrogens with zero attached hydrogens (tertiary/aromatic N) is 1. The topological polar surface area (TPSA) is 68.0 Å². The van der Waals surface area contributed by atoms with Gasteiger partial charge in [-0.1, -0.05) is 12.1 Å². The molecule has 21 heavy (non-hydrogen) atoms. The molecule has 0 saturated carbocycles. The van der Waals surface area contributed by atoms with Crippen LogP contribution in [0.15, 0.2) is 29.6 Å². The van der Waals surface area contributed by atoms with Crippen molar-refractivity contribution in [2.24, 2.45) is 5.73 Å². The summed E-state index contributed by atoms with van der Waals surface area (Å²) in [6.45, 7) is 0.240. The third kappa shape index (κ3) is 4.02. The monoisotopic (exact) mass is 315 g/mol. The molecule has 0 bridgehead atoms. The summed E-state index contributed by atoms with van der Waals surface area (Å²) in [5.41, 5.74) is 5.24. The highest BCUT2D eigenvalue weighted by atomic mass is 32.1. The Hall–Kier alpha value is -1.93. The van der Waals surface area contributed by atoms with Crippen LogP contribution in [0.25, 0.3) is 0 Å². The quantitative estimate of drug-likeness (QED) is 0.911. The standard InChI is InChI=1S/C13H12F3N3OS/c14-13(15,16)9-3-1-2-8(4-9)6-18-12(20)10-7-21-11(5-17)19-10/h1-4,7H,5-6,17H2,(H,18,20). The summed E-state index contributed by atoms with van der Waals surface area (Å²) >= 11 is 1.26. The van der Waals surface area contributed by atoms with Crippen molar-refractivity contribution in [1.29, 1.82) is 0 Å². The van der Waals surface area contributed by atoms with Crippen LogP contribution in [-0.4, -0.2) is 10.9 Å². The van der Waals surface area contributed by atoms with Crippen molar-refractivity contribution >= 4 is 17.2 Å². The van der Waals surface area contributed by atoms with Gasteiger partial charge in [-0.3, -0.25) is 4.79 Å². The lowest BCUT2D eigenvalue weighted by molar-refractivity contribution is -0.137. The average molecular weight is 315 g/mol. The number of carbonyl (C=O) groups excluding carboxylic acids is 1. The number of benzene rings is 1. The van der Waals surface area contributed by atoms with Gasteiger partial charge < -0.3 is 11.1 Å². The zero-order valence-corrected chi connectivity index (χ0v) is 11.6. The molecule has 2 rings (SSSR count). The Bertz CT molecular complexity index is 640. The number of rotatable bonds is 4. The van der Waals surface area contributed by atoms with Gasteiger partial charge in [0, 0.05) is 18.5 Å². The molecule has 4 nitrogen and oxygen atoms in total. The highest BCUT2D eigenvalue weighted by molar-refractivity contribution is 7.09. The molecule has 3 N–H and O–H groups in total. The maximum absolute atomic E-state index is 12.6. The van der Waals surface area contributed by atoms with Crippen LogP contribution in [0.4, 0.5) is 13.2 Å². The normalized spacial score (nSPS) is 11.4. The fourth-order valence-corrected chi connectivity index (χ4v) is 2.29. The number of aromatic nitrogens is 1. The van der Waals surface area contributed by atoms with Crippen LogP contribution < -0.4 is 11.1 Å². The summed E-state index contributed by atoms with van der Waals surface area (Å²) in [5, 5.41) is 4.71. The zero-order chi connectivity index (χ0) is 15.5. The SMILES string of the molecule is NCc1nc(C(=O)NCc2cccc(C(F)(F)F)c2)cs1. The number of alkyl halides is 3.